The molecule has 2 aliphatic heterocycles. The summed E-state index contributed by atoms with van der Waals surface area (Å²) in [5.41, 5.74) is 5.23. The number of rotatable bonds is 2. The molecule has 1 amide bonds. The van der Waals surface area contributed by atoms with Crippen molar-refractivity contribution in [3.63, 3.8) is 0 Å². The van der Waals surface area contributed by atoms with Gasteiger partial charge in [0.1, 0.15) is 0 Å². The van der Waals surface area contributed by atoms with E-state index in [1.807, 2.05) is 0 Å². The number of aromatic nitrogens is 1. The predicted molar refractivity (Wildman–Crippen MR) is 104 cm³/mol. The molecule has 3 nitrogen and oxygen atoms in total. The minimum absolute atomic E-state index is 0.184. The van der Waals surface area contributed by atoms with Crippen molar-refractivity contribution in [1.82, 2.24) is 9.47 Å². The van der Waals surface area contributed by atoms with E-state index in [2.05, 4.69) is 71.0 Å². The standard InChI is InChI=1S/C23H24N2O/c1-23-14-7-12-21(26)25(23)15-13-19-18-10-5-6-11-20(18)24(22(19)23)16-17-8-3-2-4-9-17/h2-6,8-11H,7,12-16H2,1H3. The Balaban J connectivity index is 1.76. The number of piperidine rings is 1. The molecule has 0 spiro atoms. The zero-order valence-corrected chi connectivity index (χ0v) is 15.2. The van der Waals surface area contributed by atoms with Gasteiger partial charge in [-0.2, -0.15) is 0 Å². The minimum atomic E-state index is -0.184. The Hall–Kier alpha value is -2.55. The first-order chi connectivity index (χ1) is 12.7. The Morgan fingerprint density at radius 3 is 2.62 bits per heavy atom. The Morgan fingerprint density at radius 1 is 1.00 bits per heavy atom. The van der Waals surface area contributed by atoms with E-state index in [4.69, 9.17) is 0 Å². The van der Waals surface area contributed by atoms with Crippen LogP contribution in [0.3, 0.4) is 0 Å². The van der Waals surface area contributed by atoms with E-state index in [9.17, 15) is 4.79 Å². The molecule has 0 radical (unpaired) electrons. The molecule has 1 atom stereocenters. The first-order valence-electron chi connectivity index (χ1n) is 9.63. The van der Waals surface area contributed by atoms with Crippen LogP contribution in [0.5, 0.6) is 0 Å². The first-order valence-corrected chi connectivity index (χ1v) is 9.63. The molecule has 1 fully saturated rings. The van der Waals surface area contributed by atoms with E-state index in [1.54, 1.807) is 0 Å². The van der Waals surface area contributed by atoms with Gasteiger partial charge in [-0.05, 0) is 43.4 Å². The summed E-state index contributed by atoms with van der Waals surface area (Å²) in [6.45, 7) is 3.98. The topological polar surface area (TPSA) is 25.2 Å². The molecule has 0 saturated carbocycles. The molecule has 2 aliphatic rings. The smallest absolute Gasteiger partial charge is 0.223 e. The van der Waals surface area contributed by atoms with Gasteiger partial charge in [-0.3, -0.25) is 4.79 Å². The molecule has 0 N–H and O–H groups in total. The second kappa shape index (κ2) is 5.73. The SMILES string of the molecule is CC12CCCC(=O)N1CCc1c2n(Cc2ccccc2)c2ccccc12. The van der Waals surface area contributed by atoms with Gasteiger partial charge < -0.3 is 9.47 Å². The molecule has 3 aromatic rings. The maximum absolute atomic E-state index is 12.6. The number of hydrogen-bond donors (Lipinski definition) is 0. The first kappa shape index (κ1) is 15.7. The zero-order valence-electron chi connectivity index (χ0n) is 15.2. The lowest BCUT2D eigenvalue weighted by Gasteiger charge is -2.48. The molecule has 0 aliphatic carbocycles. The van der Waals surface area contributed by atoms with Crippen LogP contribution in [0.1, 0.15) is 43.0 Å². The number of carbonyl (C=O) groups is 1. The van der Waals surface area contributed by atoms with Gasteiger partial charge in [0.05, 0.1) is 5.54 Å². The van der Waals surface area contributed by atoms with Crippen molar-refractivity contribution in [2.75, 3.05) is 6.54 Å². The Morgan fingerprint density at radius 2 is 1.77 bits per heavy atom. The van der Waals surface area contributed by atoms with Gasteiger partial charge in [0.2, 0.25) is 5.91 Å². The van der Waals surface area contributed by atoms with Gasteiger partial charge in [0.15, 0.2) is 0 Å². The third-order valence-corrected chi connectivity index (χ3v) is 6.31. The van der Waals surface area contributed by atoms with Crippen LogP contribution < -0.4 is 0 Å². The van der Waals surface area contributed by atoms with Gasteiger partial charge in [-0.25, -0.2) is 0 Å². The number of amides is 1. The summed E-state index contributed by atoms with van der Waals surface area (Å²) in [7, 11) is 0. The molecule has 0 bridgehead atoms. The highest BCUT2D eigenvalue weighted by molar-refractivity contribution is 5.88. The average molecular weight is 344 g/mol. The largest absolute Gasteiger partial charge is 0.338 e. The summed E-state index contributed by atoms with van der Waals surface area (Å²) in [5.74, 6) is 0.320. The van der Waals surface area contributed by atoms with E-state index in [0.717, 1.165) is 32.4 Å². The number of fused-ring (bicyclic) bond motifs is 5. The molecular weight excluding hydrogens is 320 g/mol. The van der Waals surface area contributed by atoms with E-state index in [1.165, 1.54) is 27.7 Å². The zero-order chi connectivity index (χ0) is 17.7. The molecule has 3 heterocycles. The molecule has 1 aromatic heterocycles. The fraction of sp³-hybridized carbons (Fsp3) is 0.348. The van der Waals surface area contributed by atoms with E-state index < -0.39 is 0 Å². The second-order valence-electron chi connectivity index (χ2n) is 7.84. The predicted octanol–water partition coefficient (Wildman–Crippen LogP) is 4.47. The highest BCUT2D eigenvalue weighted by atomic mass is 16.2. The van der Waals surface area contributed by atoms with Crippen LogP contribution >= 0.6 is 0 Å². The van der Waals surface area contributed by atoms with Crippen molar-refractivity contribution in [3.05, 3.63) is 71.4 Å². The van der Waals surface area contributed by atoms with E-state index >= 15 is 0 Å². The van der Waals surface area contributed by atoms with Crippen molar-refractivity contribution in [2.45, 2.75) is 44.7 Å². The number of hydrogen-bond acceptors (Lipinski definition) is 1. The van der Waals surface area contributed by atoms with Crippen molar-refractivity contribution in [2.24, 2.45) is 0 Å². The highest BCUT2D eigenvalue weighted by Gasteiger charge is 2.46. The van der Waals surface area contributed by atoms with Crippen molar-refractivity contribution < 1.29 is 4.79 Å². The van der Waals surface area contributed by atoms with Gasteiger partial charge >= 0.3 is 0 Å². The second-order valence-corrected chi connectivity index (χ2v) is 7.84. The third kappa shape index (κ3) is 2.16. The molecule has 5 rings (SSSR count). The Labute approximate surface area is 154 Å². The Kier molecular flexibility index (Phi) is 3.46. The van der Waals surface area contributed by atoms with Crippen LogP contribution in [-0.4, -0.2) is 21.9 Å². The van der Waals surface area contributed by atoms with Crippen LogP contribution in [-0.2, 0) is 23.3 Å². The molecule has 2 aromatic carbocycles. The number of nitrogens with zero attached hydrogens (tertiary/aromatic N) is 2. The summed E-state index contributed by atoms with van der Waals surface area (Å²) in [6, 6.07) is 19.4. The van der Waals surface area contributed by atoms with Crippen molar-refractivity contribution >= 4 is 16.8 Å². The molecule has 1 saturated heterocycles. The van der Waals surface area contributed by atoms with Gasteiger partial charge in [0, 0.05) is 36.1 Å². The van der Waals surface area contributed by atoms with Gasteiger partial charge in [0.25, 0.3) is 0 Å². The Bertz CT molecular complexity index is 988. The monoisotopic (exact) mass is 344 g/mol. The highest BCUT2D eigenvalue weighted by Crippen LogP contribution is 2.46. The van der Waals surface area contributed by atoms with Crippen LogP contribution in [0.25, 0.3) is 10.9 Å². The average Bonchev–Trinajstić information content (AvgIpc) is 2.98. The summed E-state index contributed by atoms with van der Waals surface area (Å²) in [6.07, 6.45) is 3.69. The molecule has 1 unspecified atom stereocenters. The lowest BCUT2D eigenvalue weighted by molar-refractivity contribution is -0.142. The molecule has 3 heteroatoms. The number of benzene rings is 2. The number of carbonyl (C=O) groups excluding carboxylic acids is 1. The fourth-order valence-electron chi connectivity index (χ4n) is 5.14. The minimum Gasteiger partial charge on any atom is -0.338 e. The maximum Gasteiger partial charge on any atom is 0.223 e. The summed E-state index contributed by atoms with van der Waals surface area (Å²) in [4.78, 5) is 14.8. The van der Waals surface area contributed by atoms with Gasteiger partial charge in [-0.15, -0.1) is 0 Å². The van der Waals surface area contributed by atoms with Crippen LogP contribution in [0.4, 0.5) is 0 Å². The van der Waals surface area contributed by atoms with Crippen LogP contribution in [0, 0.1) is 0 Å². The third-order valence-electron chi connectivity index (χ3n) is 6.31. The quantitative estimate of drug-likeness (QED) is 0.673. The maximum atomic E-state index is 12.6. The van der Waals surface area contributed by atoms with E-state index in [0.29, 0.717) is 12.3 Å². The molecular formula is C23H24N2O. The van der Waals surface area contributed by atoms with Crippen LogP contribution in [0.15, 0.2) is 54.6 Å². The summed E-state index contributed by atoms with van der Waals surface area (Å²) >= 11 is 0. The van der Waals surface area contributed by atoms with Crippen LogP contribution in [0.2, 0.25) is 0 Å². The summed E-state index contributed by atoms with van der Waals surface area (Å²) < 4.78 is 2.48. The summed E-state index contributed by atoms with van der Waals surface area (Å²) in [5, 5.41) is 1.36. The molecule has 26 heavy (non-hydrogen) atoms. The molecule has 132 valence electrons. The van der Waals surface area contributed by atoms with Crippen molar-refractivity contribution in [1.29, 1.82) is 0 Å². The fourth-order valence-corrected chi connectivity index (χ4v) is 5.14. The number of para-hydroxylation sites is 1. The van der Waals surface area contributed by atoms with Crippen molar-refractivity contribution in [3.8, 4) is 0 Å². The van der Waals surface area contributed by atoms with E-state index in [-0.39, 0.29) is 5.54 Å². The van der Waals surface area contributed by atoms with Gasteiger partial charge in [-0.1, -0.05) is 48.5 Å². The lowest BCUT2D eigenvalue weighted by Crippen LogP contribution is -2.54. The lowest BCUT2D eigenvalue weighted by atomic mass is 9.79. The normalized spacial score (nSPS) is 22.3.